The first-order valence-corrected chi connectivity index (χ1v) is 12.2. The minimum atomic E-state index is -0.647. The first-order chi connectivity index (χ1) is 16.8. The topological polar surface area (TPSA) is 64.2 Å². The molecule has 2 aliphatic heterocycles. The maximum atomic E-state index is 13.4. The molecule has 2 fully saturated rings. The van der Waals surface area contributed by atoms with Crippen molar-refractivity contribution in [2.24, 2.45) is 0 Å². The minimum absolute atomic E-state index is 0.0961. The molecule has 0 aromatic heterocycles. The number of nitrogens with zero attached hydrogens (tertiary/aromatic N) is 4. The van der Waals surface area contributed by atoms with E-state index in [2.05, 4.69) is 36.9 Å². The van der Waals surface area contributed by atoms with E-state index in [1.165, 1.54) is 38.7 Å². The lowest BCUT2D eigenvalue weighted by atomic mass is 10.1. The third kappa shape index (κ3) is 5.31. The molecule has 2 aromatic rings. The highest BCUT2D eigenvalue weighted by atomic mass is 19.1. The number of hydrogen-bond acceptors (Lipinski definition) is 4. The van der Waals surface area contributed by atoms with Crippen molar-refractivity contribution in [1.82, 2.24) is 14.7 Å². The summed E-state index contributed by atoms with van der Waals surface area (Å²) in [5, 5.41) is 0. The highest BCUT2D eigenvalue weighted by Crippen LogP contribution is 2.24. The number of carbonyl (C=O) groups is 3. The summed E-state index contributed by atoms with van der Waals surface area (Å²) in [6.07, 6.45) is 0.451. The van der Waals surface area contributed by atoms with Crippen LogP contribution in [0.4, 0.5) is 10.1 Å². The van der Waals surface area contributed by atoms with Gasteiger partial charge in [-0.05, 0) is 55.2 Å². The zero-order chi connectivity index (χ0) is 25.1. The van der Waals surface area contributed by atoms with E-state index in [4.69, 9.17) is 0 Å². The van der Waals surface area contributed by atoms with Gasteiger partial charge in [0, 0.05) is 51.5 Å². The predicted molar refractivity (Wildman–Crippen MR) is 132 cm³/mol. The summed E-state index contributed by atoms with van der Waals surface area (Å²) in [5.74, 6) is -1.71. The van der Waals surface area contributed by atoms with Crippen LogP contribution in [-0.2, 0) is 20.9 Å². The van der Waals surface area contributed by atoms with E-state index in [1.807, 2.05) is 11.8 Å². The summed E-state index contributed by atoms with van der Waals surface area (Å²) in [5.41, 5.74) is 4.37. The van der Waals surface area contributed by atoms with Crippen LogP contribution in [0.2, 0.25) is 0 Å². The van der Waals surface area contributed by atoms with Crippen molar-refractivity contribution in [2.45, 2.75) is 39.8 Å². The molecule has 7 nitrogen and oxygen atoms in total. The first-order valence-electron chi connectivity index (χ1n) is 12.2. The normalized spacial score (nSPS) is 17.7. The van der Waals surface area contributed by atoms with Crippen molar-refractivity contribution < 1.29 is 18.8 Å². The molecule has 4 rings (SSSR count). The molecule has 2 aliphatic rings. The monoisotopic (exact) mass is 480 g/mol. The van der Waals surface area contributed by atoms with Crippen molar-refractivity contribution >= 4 is 23.4 Å². The number of amides is 3. The summed E-state index contributed by atoms with van der Waals surface area (Å²) < 4.78 is 13.2. The van der Waals surface area contributed by atoms with Crippen LogP contribution in [-0.4, -0.2) is 77.7 Å². The number of carbonyl (C=O) groups excluding carboxylic acids is 3. The van der Waals surface area contributed by atoms with Crippen LogP contribution < -0.4 is 4.90 Å². The van der Waals surface area contributed by atoms with Gasteiger partial charge in [-0.3, -0.25) is 14.4 Å². The fourth-order valence-corrected chi connectivity index (χ4v) is 4.92. The van der Waals surface area contributed by atoms with Gasteiger partial charge in [0.2, 0.25) is 5.91 Å². The van der Waals surface area contributed by atoms with Crippen molar-refractivity contribution in [3.63, 3.8) is 0 Å². The number of hydrogen-bond donors (Lipinski definition) is 0. The molecule has 0 spiro atoms. The van der Waals surface area contributed by atoms with Gasteiger partial charge in [0.05, 0.1) is 0 Å². The molecule has 0 bridgehead atoms. The van der Waals surface area contributed by atoms with Gasteiger partial charge < -0.3 is 19.6 Å². The summed E-state index contributed by atoms with van der Waals surface area (Å²) in [7, 11) is 0. The molecule has 1 atom stereocenters. The molecule has 0 N–H and O–H groups in total. The van der Waals surface area contributed by atoms with Gasteiger partial charge >= 0.3 is 11.8 Å². The van der Waals surface area contributed by atoms with Crippen molar-refractivity contribution in [3.05, 3.63) is 65.0 Å². The predicted octanol–water partition coefficient (Wildman–Crippen LogP) is 2.74. The number of anilines is 1. The van der Waals surface area contributed by atoms with E-state index >= 15 is 0 Å². The van der Waals surface area contributed by atoms with E-state index in [0.29, 0.717) is 32.6 Å². The van der Waals surface area contributed by atoms with Crippen LogP contribution in [0.25, 0.3) is 0 Å². The van der Waals surface area contributed by atoms with Crippen LogP contribution in [0.5, 0.6) is 0 Å². The third-order valence-electron chi connectivity index (χ3n) is 6.97. The van der Waals surface area contributed by atoms with Crippen LogP contribution in [0.1, 0.15) is 30.0 Å². The van der Waals surface area contributed by atoms with Gasteiger partial charge in [-0.1, -0.05) is 31.2 Å². The maximum absolute atomic E-state index is 13.4. The number of piperazine rings is 2. The molecule has 0 saturated carbocycles. The Labute approximate surface area is 206 Å². The van der Waals surface area contributed by atoms with Crippen LogP contribution in [0.15, 0.2) is 42.5 Å². The van der Waals surface area contributed by atoms with Gasteiger partial charge in [-0.25, -0.2) is 4.39 Å². The van der Waals surface area contributed by atoms with E-state index in [9.17, 15) is 18.8 Å². The molecule has 2 heterocycles. The SMILES string of the molecule is CC[C@@H](C(=O)N1CCN(c2cc(C)ccc2C)CC1)N1CCN(Cc2ccc(F)cc2)C(=O)C1=O. The van der Waals surface area contributed by atoms with E-state index < -0.39 is 17.9 Å². The molecule has 0 aliphatic carbocycles. The minimum Gasteiger partial charge on any atom is -0.368 e. The average molecular weight is 481 g/mol. The van der Waals surface area contributed by atoms with E-state index in [0.717, 1.165) is 18.7 Å². The molecule has 35 heavy (non-hydrogen) atoms. The van der Waals surface area contributed by atoms with Crippen molar-refractivity contribution in [3.8, 4) is 0 Å². The molecular formula is C27H33FN4O3. The summed E-state index contributed by atoms with van der Waals surface area (Å²) in [4.78, 5) is 46.2. The zero-order valence-corrected chi connectivity index (χ0v) is 20.7. The summed E-state index contributed by atoms with van der Waals surface area (Å²) in [6.45, 7) is 9.54. The molecule has 2 saturated heterocycles. The molecule has 186 valence electrons. The Morgan fingerprint density at radius 3 is 2.26 bits per heavy atom. The number of rotatable bonds is 6. The first kappa shape index (κ1) is 24.7. The Balaban J connectivity index is 1.37. The van der Waals surface area contributed by atoms with Crippen molar-refractivity contribution in [1.29, 1.82) is 0 Å². The zero-order valence-electron chi connectivity index (χ0n) is 20.7. The maximum Gasteiger partial charge on any atom is 0.312 e. The van der Waals surface area contributed by atoms with Crippen LogP contribution >= 0.6 is 0 Å². The van der Waals surface area contributed by atoms with Crippen LogP contribution in [0, 0.1) is 19.7 Å². The smallest absolute Gasteiger partial charge is 0.312 e. The highest BCUT2D eigenvalue weighted by molar-refractivity contribution is 6.35. The number of benzene rings is 2. The van der Waals surface area contributed by atoms with Gasteiger partial charge in [0.1, 0.15) is 11.9 Å². The van der Waals surface area contributed by atoms with Gasteiger partial charge in [0.25, 0.3) is 0 Å². The number of halogens is 1. The lowest BCUT2D eigenvalue weighted by Gasteiger charge is -2.42. The Hall–Kier alpha value is -3.42. The van der Waals surface area contributed by atoms with Crippen molar-refractivity contribution in [2.75, 3.05) is 44.2 Å². The molecule has 2 aromatic carbocycles. The Bertz CT molecular complexity index is 1100. The standard InChI is InChI=1S/C27H33FN4O3/c1-4-23(25(33)30-13-11-29(12-14-30)24-17-19(2)5-6-20(24)3)32-16-15-31(26(34)27(32)35)18-21-7-9-22(28)10-8-21/h5-10,17,23H,4,11-16,18H2,1-3H3/t23-/m0/s1. The second-order valence-corrected chi connectivity index (χ2v) is 9.38. The van der Waals surface area contributed by atoms with E-state index in [1.54, 1.807) is 12.1 Å². The molecule has 0 unspecified atom stereocenters. The largest absolute Gasteiger partial charge is 0.368 e. The summed E-state index contributed by atoms with van der Waals surface area (Å²) in [6, 6.07) is 11.6. The second kappa shape index (κ2) is 10.5. The highest BCUT2D eigenvalue weighted by Gasteiger charge is 2.40. The summed E-state index contributed by atoms with van der Waals surface area (Å²) >= 11 is 0. The second-order valence-electron chi connectivity index (χ2n) is 9.38. The molecule has 0 radical (unpaired) electrons. The fraction of sp³-hybridized carbons (Fsp3) is 0.444. The Kier molecular flexibility index (Phi) is 7.38. The third-order valence-corrected chi connectivity index (χ3v) is 6.97. The average Bonchev–Trinajstić information content (AvgIpc) is 2.86. The Morgan fingerprint density at radius 2 is 1.60 bits per heavy atom. The number of aryl methyl sites for hydroxylation is 2. The lowest BCUT2D eigenvalue weighted by Crippen LogP contribution is -2.61. The fourth-order valence-electron chi connectivity index (χ4n) is 4.92. The molecule has 3 amide bonds. The molecular weight excluding hydrogens is 447 g/mol. The lowest BCUT2D eigenvalue weighted by molar-refractivity contribution is -0.161. The Morgan fingerprint density at radius 1 is 0.914 bits per heavy atom. The van der Waals surface area contributed by atoms with Gasteiger partial charge in [-0.15, -0.1) is 0 Å². The quantitative estimate of drug-likeness (QED) is 0.597. The van der Waals surface area contributed by atoms with Crippen LogP contribution in [0.3, 0.4) is 0 Å². The molecule has 8 heteroatoms. The van der Waals surface area contributed by atoms with Gasteiger partial charge in [-0.2, -0.15) is 0 Å². The van der Waals surface area contributed by atoms with E-state index in [-0.39, 0.29) is 18.3 Å². The van der Waals surface area contributed by atoms with Gasteiger partial charge in [0.15, 0.2) is 0 Å².